The van der Waals surface area contributed by atoms with Crippen LogP contribution in [0.5, 0.6) is 0 Å². The first-order chi connectivity index (χ1) is 12.5. The van der Waals surface area contributed by atoms with Gasteiger partial charge in [0.05, 0.1) is 6.04 Å². The molecule has 0 bridgehead atoms. The van der Waals surface area contributed by atoms with E-state index in [0.717, 1.165) is 32.1 Å². The van der Waals surface area contributed by atoms with Gasteiger partial charge in [0.1, 0.15) is 0 Å². The van der Waals surface area contributed by atoms with E-state index >= 15 is 0 Å². The molecule has 0 saturated heterocycles. The maximum absolute atomic E-state index is 5.29. The molecule has 2 N–H and O–H groups in total. The van der Waals surface area contributed by atoms with Crippen LogP contribution in [0.1, 0.15) is 42.9 Å². The van der Waals surface area contributed by atoms with Crippen molar-refractivity contribution in [2.75, 3.05) is 47.9 Å². The summed E-state index contributed by atoms with van der Waals surface area (Å²) in [7, 11) is 7.87. The number of guanidine groups is 1. The van der Waals surface area contributed by atoms with Gasteiger partial charge in [0, 0.05) is 33.9 Å². The molecule has 0 radical (unpaired) electrons. The fourth-order valence-electron chi connectivity index (χ4n) is 3.58. The minimum atomic E-state index is 0.306. The molecule has 1 fully saturated rings. The minimum absolute atomic E-state index is 0.306. The topological polar surface area (TPSA) is 48.9 Å². The fraction of sp³-hybridized carbons (Fsp3) is 0.667. The molecule has 2 rings (SSSR count). The molecule has 1 aromatic rings. The third-order valence-electron chi connectivity index (χ3n) is 5.65. The predicted octanol–water partition coefficient (Wildman–Crippen LogP) is 2.97. The van der Waals surface area contributed by atoms with Gasteiger partial charge in [-0.1, -0.05) is 36.2 Å². The lowest BCUT2D eigenvalue weighted by molar-refractivity contribution is 0.0732. The van der Waals surface area contributed by atoms with Crippen molar-refractivity contribution in [3.8, 4) is 0 Å². The Labute approximate surface area is 159 Å². The van der Waals surface area contributed by atoms with Gasteiger partial charge in [0.15, 0.2) is 5.96 Å². The average molecular weight is 361 g/mol. The van der Waals surface area contributed by atoms with Crippen LogP contribution in [0.25, 0.3) is 0 Å². The summed E-state index contributed by atoms with van der Waals surface area (Å²) in [5.74, 6) is 0.882. The highest BCUT2D eigenvalue weighted by atomic mass is 16.5. The van der Waals surface area contributed by atoms with Crippen LogP contribution >= 0.6 is 0 Å². The van der Waals surface area contributed by atoms with Crippen molar-refractivity contribution in [2.24, 2.45) is 10.4 Å². The zero-order valence-corrected chi connectivity index (χ0v) is 17.1. The second-order valence-corrected chi connectivity index (χ2v) is 7.79. The summed E-state index contributed by atoms with van der Waals surface area (Å²) < 4.78 is 5.29. The van der Waals surface area contributed by atoms with Crippen LogP contribution < -0.4 is 10.6 Å². The quantitative estimate of drug-likeness (QED) is 0.525. The van der Waals surface area contributed by atoms with E-state index in [-0.39, 0.29) is 0 Å². The number of methoxy groups -OCH3 is 1. The van der Waals surface area contributed by atoms with Crippen molar-refractivity contribution in [3.63, 3.8) is 0 Å². The molecule has 1 aromatic carbocycles. The largest absolute Gasteiger partial charge is 0.385 e. The van der Waals surface area contributed by atoms with E-state index in [9.17, 15) is 0 Å². The standard InChI is InChI=1S/C21H36N4O/c1-17-7-9-18(10-8-17)19(25(3)4)15-23-20(22-2)24-16-21(11-6-12-21)13-14-26-5/h7-10,19H,6,11-16H2,1-5H3,(H2,22,23,24). The number of nitrogens with zero attached hydrogens (tertiary/aromatic N) is 2. The Morgan fingerprint density at radius 2 is 1.92 bits per heavy atom. The number of hydrogen-bond acceptors (Lipinski definition) is 3. The molecule has 26 heavy (non-hydrogen) atoms. The van der Waals surface area contributed by atoms with Crippen molar-refractivity contribution in [1.82, 2.24) is 15.5 Å². The van der Waals surface area contributed by atoms with Crippen molar-refractivity contribution < 1.29 is 4.74 Å². The Bertz CT molecular complexity index is 564. The zero-order valence-electron chi connectivity index (χ0n) is 17.1. The molecule has 0 aliphatic heterocycles. The van der Waals surface area contributed by atoms with Crippen LogP contribution in [0.2, 0.25) is 0 Å². The van der Waals surface area contributed by atoms with Crippen molar-refractivity contribution in [2.45, 2.75) is 38.6 Å². The molecule has 5 nitrogen and oxygen atoms in total. The zero-order chi connectivity index (χ0) is 19.0. The van der Waals surface area contributed by atoms with Crippen LogP contribution in [0.15, 0.2) is 29.3 Å². The van der Waals surface area contributed by atoms with Gasteiger partial charge in [-0.3, -0.25) is 4.99 Å². The fourth-order valence-corrected chi connectivity index (χ4v) is 3.58. The average Bonchev–Trinajstić information content (AvgIpc) is 2.60. The number of nitrogens with one attached hydrogen (secondary N) is 2. The summed E-state index contributed by atoms with van der Waals surface area (Å²) in [5, 5.41) is 7.05. The third kappa shape index (κ3) is 5.71. The number of rotatable bonds is 9. The molecular weight excluding hydrogens is 324 g/mol. The number of ether oxygens (including phenoxy) is 1. The van der Waals surface area contributed by atoms with Gasteiger partial charge in [-0.2, -0.15) is 0 Å². The minimum Gasteiger partial charge on any atom is -0.385 e. The molecule has 1 aliphatic rings. The Morgan fingerprint density at radius 3 is 2.42 bits per heavy atom. The monoisotopic (exact) mass is 360 g/mol. The van der Waals surface area contributed by atoms with E-state index in [1.807, 2.05) is 7.05 Å². The number of aliphatic imine (C=N–C) groups is 1. The normalized spacial score (nSPS) is 17.7. The Kier molecular flexibility index (Phi) is 7.91. The first-order valence-electron chi connectivity index (χ1n) is 9.66. The van der Waals surface area contributed by atoms with Crippen LogP contribution in [-0.4, -0.2) is 58.8 Å². The summed E-state index contributed by atoms with van der Waals surface area (Å²) >= 11 is 0. The van der Waals surface area contributed by atoms with Crippen LogP contribution in [0.4, 0.5) is 0 Å². The highest BCUT2D eigenvalue weighted by Crippen LogP contribution is 2.43. The van der Waals surface area contributed by atoms with Crippen molar-refractivity contribution >= 4 is 5.96 Å². The summed E-state index contributed by atoms with van der Waals surface area (Å²) in [6.07, 6.45) is 5.01. The molecule has 0 amide bonds. The summed E-state index contributed by atoms with van der Waals surface area (Å²) in [5.41, 5.74) is 2.99. The van der Waals surface area contributed by atoms with Crippen LogP contribution in [0, 0.1) is 12.3 Å². The molecule has 1 atom stereocenters. The van der Waals surface area contributed by atoms with E-state index in [1.54, 1.807) is 7.11 Å². The van der Waals surface area contributed by atoms with Crippen LogP contribution in [-0.2, 0) is 4.74 Å². The van der Waals surface area contributed by atoms with E-state index < -0.39 is 0 Å². The second kappa shape index (κ2) is 9.93. The van der Waals surface area contributed by atoms with Gasteiger partial charge in [0.2, 0.25) is 0 Å². The van der Waals surface area contributed by atoms with E-state index in [1.165, 1.54) is 30.4 Å². The molecule has 0 heterocycles. The van der Waals surface area contributed by atoms with Crippen LogP contribution in [0.3, 0.4) is 0 Å². The number of benzene rings is 1. The summed E-state index contributed by atoms with van der Waals surface area (Å²) in [6.45, 7) is 4.75. The molecule has 0 spiro atoms. The maximum atomic E-state index is 5.29. The highest BCUT2D eigenvalue weighted by molar-refractivity contribution is 5.79. The van der Waals surface area contributed by atoms with E-state index in [0.29, 0.717) is 11.5 Å². The number of hydrogen-bond donors (Lipinski definition) is 2. The molecular formula is C21H36N4O. The summed E-state index contributed by atoms with van der Waals surface area (Å²) in [4.78, 5) is 6.66. The first kappa shape index (κ1) is 20.7. The van der Waals surface area contributed by atoms with Crippen molar-refractivity contribution in [3.05, 3.63) is 35.4 Å². The SMILES string of the molecule is CN=C(NCC(c1ccc(C)cc1)N(C)C)NCC1(CCOC)CCC1. The lowest BCUT2D eigenvalue weighted by Gasteiger charge is -2.42. The molecule has 146 valence electrons. The summed E-state index contributed by atoms with van der Waals surface area (Å²) in [6, 6.07) is 9.09. The first-order valence-corrected chi connectivity index (χ1v) is 9.66. The van der Waals surface area contributed by atoms with Gasteiger partial charge in [-0.15, -0.1) is 0 Å². The van der Waals surface area contributed by atoms with Gasteiger partial charge >= 0.3 is 0 Å². The smallest absolute Gasteiger partial charge is 0.191 e. The molecule has 1 aliphatic carbocycles. The Balaban J connectivity index is 1.89. The van der Waals surface area contributed by atoms with Crippen molar-refractivity contribution in [1.29, 1.82) is 0 Å². The Hall–Kier alpha value is -1.59. The lowest BCUT2D eigenvalue weighted by Crippen LogP contribution is -2.48. The number of aryl methyl sites for hydroxylation is 1. The van der Waals surface area contributed by atoms with E-state index in [4.69, 9.17) is 4.74 Å². The maximum Gasteiger partial charge on any atom is 0.191 e. The second-order valence-electron chi connectivity index (χ2n) is 7.79. The number of likely N-dealkylation sites (N-methyl/N-ethyl adjacent to an activating group) is 1. The van der Waals surface area contributed by atoms with E-state index in [2.05, 4.69) is 65.8 Å². The molecule has 1 unspecified atom stereocenters. The Morgan fingerprint density at radius 1 is 1.23 bits per heavy atom. The van der Waals surface area contributed by atoms with Gasteiger partial charge in [-0.25, -0.2) is 0 Å². The molecule has 1 saturated carbocycles. The molecule has 0 aromatic heterocycles. The van der Waals surface area contributed by atoms with Gasteiger partial charge in [0.25, 0.3) is 0 Å². The van der Waals surface area contributed by atoms with Gasteiger partial charge in [-0.05, 0) is 51.3 Å². The predicted molar refractivity (Wildman–Crippen MR) is 110 cm³/mol. The molecule has 5 heteroatoms. The lowest BCUT2D eigenvalue weighted by atomic mass is 9.67. The van der Waals surface area contributed by atoms with Gasteiger partial charge < -0.3 is 20.3 Å². The highest BCUT2D eigenvalue weighted by Gasteiger charge is 2.36. The third-order valence-corrected chi connectivity index (χ3v) is 5.65.